The zero-order valence-corrected chi connectivity index (χ0v) is 39.5. The second-order valence-electron chi connectivity index (χ2n) is 18.7. The van der Waals surface area contributed by atoms with E-state index in [-0.39, 0.29) is 10.9 Å². The van der Waals surface area contributed by atoms with E-state index in [1.807, 2.05) is 4.90 Å². The third kappa shape index (κ3) is 25.4. The molecule has 1 saturated heterocycles. The van der Waals surface area contributed by atoms with Crippen LogP contribution in [0.5, 0.6) is 0 Å². The molecule has 0 spiro atoms. The molecular weight excluding hydrogens is 715 g/mol. The minimum absolute atomic E-state index is 0.329. The van der Waals surface area contributed by atoms with Crippen LogP contribution in [0, 0.1) is 11.8 Å². The number of anilines is 2. The fourth-order valence-corrected chi connectivity index (χ4v) is 9.64. The number of hydrogen-bond donors (Lipinski definition) is 1. The minimum Gasteiger partial charge on any atom is -0.380 e. The van der Waals surface area contributed by atoms with Crippen molar-refractivity contribution in [3.05, 3.63) is 20.4 Å². The predicted molar refractivity (Wildman–Crippen MR) is 256 cm³/mol. The zero-order chi connectivity index (χ0) is 41.7. The molecule has 6 nitrogen and oxygen atoms in total. The van der Waals surface area contributed by atoms with E-state index in [2.05, 4.69) is 37.9 Å². The third-order valence-electron chi connectivity index (χ3n) is 13.4. The smallest absolute Gasteiger partial charge is 0.253 e. The first kappa shape index (κ1) is 52.7. The predicted octanol–water partition coefficient (Wildman–Crippen LogP) is 14.4. The summed E-state index contributed by atoms with van der Waals surface area (Å²) in [7, 11) is 0. The van der Waals surface area contributed by atoms with Crippen LogP contribution in [0.25, 0.3) is 0 Å². The maximum Gasteiger partial charge on any atom is 0.253 e. The molecule has 0 radical (unpaired) electrons. The number of morpholine rings is 1. The van der Waals surface area contributed by atoms with Crippen LogP contribution >= 0.6 is 0 Å². The van der Waals surface area contributed by atoms with Crippen LogP contribution in [-0.2, 0) is 4.74 Å². The fourth-order valence-electron chi connectivity index (χ4n) is 9.64. The lowest BCUT2D eigenvalue weighted by atomic mass is 9.89. The van der Waals surface area contributed by atoms with Crippen LogP contribution in [0.2, 0.25) is 0 Å². The first-order chi connectivity index (χ1) is 28.5. The molecular formula is C52H99N3O3. The first-order valence-electron chi connectivity index (χ1n) is 26.2. The second-order valence-corrected chi connectivity index (χ2v) is 18.7. The topological polar surface area (TPSA) is 61.9 Å². The van der Waals surface area contributed by atoms with Gasteiger partial charge in [-0.15, -0.1) is 0 Å². The Balaban J connectivity index is 1.75. The van der Waals surface area contributed by atoms with Crippen molar-refractivity contribution in [1.29, 1.82) is 0 Å². The Kier molecular flexibility index (Phi) is 34.0. The highest BCUT2D eigenvalue weighted by Gasteiger charge is 2.27. The number of hydrogen-bond acceptors (Lipinski definition) is 6. The van der Waals surface area contributed by atoms with Crippen LogP contribution in [0.15, 0.2) is 9.59 Å². The van der Waals surface area contributed by atoms with Crippen molar-refractivity contribution in [3.8, 4) is 0 Å². The lowest BCUT2D eigenvalue weighted by Crippen LogP contribution is -2.47. The highest BCUT2D eigenvalue weighted by atomic mass is 16.5. The molecule has 1 fully saturated rings. The van der Waals surface area contributed by atoms with E-state index >= 15 is 0 Å². The molecule has 0 aromatic heterocycles. The molecule has 1 atom stereocenters. The normalized spacial score (nSPS) is 14.1. The number of ether oxygens (including phenoxy) is 1. The summed E-state index contributed by atoms with van der Waals surface area (Å²) in [6.07, 6.45) is 47.4. The fraction of sp³-hybridized carbons (Fsp3) is 0.923. The van der Waals surface area contributed by atoms with Gasteiger partial charge in [0.25, 0.3) is 10.9 Å². The van der Waals surface area contributed by atoms with E-state index in [9.17, 15) is 9.59 Å². The molecule has 0 aliphatic carbocycles. The van der Waals surface area contributed by atoms with Gasteiger partial charge in [-0.1, -0.05) is 227 Å². The van der Waals surface area contributed by atoms with Crippen molar-refractivity contribution in [3.63, 3.8) is 0 Å². The lowest BCUT2D eigenvalue weighted by Gasteiger charge is -2.31. The van der Waals surface area contributed by atoms with Crippen molar-refractivity contribution >= 4 is 11.4 Å². The van der Waals surface area contributed by atoms with E-state index in [1.54, 1.807) is 0 Å². The van der Waals surface area contributed by atoms with E-state index in [1.165, 1.54) is 225 Å². The molecule has 58 heavy (non-hydrogen) atoms. The summed E-state index contributed by atoms with van der Waals surface area (Å²) in [5.41, 5.74) is 0.470. The van der Waals surface area contributed by atoms with Gasteiger partial charge in [-0.05, 0) is 50.7 Å². The maximum absolute atomic E-state index is 12.5. The second kappa shape index (κ2) is 37.4. The third-order valence-corrected chi connectivity index (χ3v) is 13.4. The standard InChI is InChI=1S/C52H99N3O3/c1-5-9-12-15-19-27-36-48(37-28-20-16-13-10-6-2)38-29-22-18-24-31-41-54(40-30-23-17-21-26-35-47(33-8-4)34-25-14-11-7-3)42-32-39-53-49-50(52(57)51(49)56)55-43-45-58-46-44-55/h47-48,53H,5-46H2,1-4H3. The van der Waals surface area contributed by atoms with Crippen LogP contribution in [0.3, 0.4) is 0 Å². The van der Waals surface area contributed by atoms with Crippen molar-refractivity contribution in [2.75, 3.05) is 62.7 Å². The number of unbranched alkanes of at least 4 members (excludes halogenated alkanes) is 21. The van der Waals surface area contributed by atoms with Crippen molar-refractivity contribution in [2.24, 2.45) is 11.8 Å². The molecule has 1 aromatic carbocycles. The van der Waals surface area contributed by atoms with E-state index < -0.39 is 0 Å². The van der Waals surface area contributed by atoms with Crippen LogP contribution in [0.1, 0.15) is 246 Å². The Labute approximate surface area is 360 Å². The number of rotatable bonds is 43. The van der Waals surface area contributed by atoms with Gasteiger partial charge in [0.1, 0.15) is 11.4 Å². The molecule has 340 valence electrons. The molecule has 1 heterocycles. The average Bonchev–Trinajstić information content (AvgIpc) is 3.24. The molecule has 1 unspecified atom stereocenters. The van der Waals surface area contributed by atoms with Crippen molar-refractivity contribution in [1.82, 2.24) is 4.90 Å². The lowest BCUT2D eigenvalue weighted by molar-refractivity contribution is 0.122. The highest BCUT2D eigenvalue weighted by Crippen LogP contribution is 2.26. The Hall–Kier alpha value is -1.40. The maximum atomic E-state index is 12.5. The van der Waals surface area contributed by atoms with E-state index in [0.29, 0.717) is 37.7 Å². The minimum atomic E-state index is -0.341. The molecule has 1 aromatic rings. The van der Waals surface area contributed by atoms with Gasteiger partial charge in [0.2, 0.25) is 0 Å². The van der Waals surface area contributed by atoms with Gasteiger partial charge in [-0.25, -0.2) is 0 Å². The summed E-state index contributed by atoms with van der Waals surface area (Å²) >= 11 is 0. The van der Waals surface area contributed by atoms with Crippen LogP contribution in [-0.4, -0.2) is 57.4 Å². The van der Waals surface area contributed by atoms with Gasteiger partial charge in [0.15, 0.2) is 0 Å². The SMILES string of the molecule is CCCCCCCCC(CCCCCCCC)CCCCCCCN(CCCCCCCC(CCC)CCCCCC)CCCNc1c(N2CCOCC2)c(=O)c1=O. The quantitative estimate of drug-likeness (QED) is 0.0523. The number of nitrogens with zero attached hydrogens (tertiary/aromatic N) is 2. The first-order valence-corrected chi connectivity index (χ1v) is 26.2. The van der Waals surface area contributed by atoms with Crippen LogP contribution < -0.4 is 21.1 Å². The summed E-state index contributed by atoms with van der Waals surface area (Å²) in [6.45, 7) is 16.1. The zero-order valence-electron chi connectivity index (χ0n) is 39.5. The Morgan fingerprint density at radius 3 is 1.29 bits per heavy atom. The van der Waals surface area contributed by atoms with E-state index in [0.717, 1.165) is 31.3 Å². The van der Waals surface area contributed by atoms with Crippen molar-refractivity contribution in [2.45, 2.75) is 246 Å². The molecule has 0 saturated carbocycles. The summed E-state index contributed by atoms with van der Waals surface area (Å²) in [5, 5.41) is 3.38. The summed E-state index contributed by atoms with van der Waals surface area (Å²) in [6, 6.07) is 0. The molecule has 6 heteroatoms. The Bertz CT molecular complexity index is 1090. The van der Waals surface area contributed by atoms with Gasteiger partial charge in [0.05, 0.1) is 13.2 Å². The number of nitrogens with one attached hydrogen (secondary N) is 1. The Morgan fingerprint density at radius 1 is 0.466 bits per heavy atom. The molecule has 2 rings (SSSR count). The van der Waals surface area contributed by atoms with Gasteiger partial charge >= 0.3 is 0 Å². The van der Waals surface area contributed by atoms with Gasteiger partial charge in [-0.3, -0.25) is 9.59 Å². The van der Waals surface area contributed by atoms with Crippen LogP contribution in [0.4, 0.5) is 11.4 Å². The average molecular weight is 814 g/mol. The molecule has 1 aliphatic rings. The molecule has 0 bridgehead atoms. The molecule has 0 amide bonds. The van der Waals surface area contributed by atoms with Gasteiger partial charge < -0.3 is 19.9 Å². The summed E-state index contributed by atoms with van der Waals surface area (Å²) in [5.74, 6) is 1.92. The Morgan fingerprint density at radius 2 is 0.845 bits per heavy atom. The van der Waals surface area contributed by atoms with Gasteiger partial charge in [-0.2, -0.15) is 0 Å². The summed E-state index contributed by atoms with van der Waals surface area (Å²) < 4.78 is 5.47. The van der Waals surface area contributed by atoms with Gasteiger partial charge in [0, 0.05) is 19.6 Å². The van der Waals surface area contributed by atoms with E-state index in [4.69, 9.17) is 4.74 Å². The highest BCUT2D eigenvalue weighted by molar-refractivity contribution is 5.75. The molecule has 1 aliphatic heterocycles. The van der Waals surface area contributed by atoms with Crippen molar-refractivity contribution < 1.29 is 4.74 Å². The summed E-state index contributed by atoms with van der Waals surface area (Å²) in [4.78, 5) is 29.6. The largest absolute Gasteiger partial charge is 0.380 e. The monoisotopic (exact) mass is 814 g/mol. The molecule has 1 N–H and O–H groups in total.